The van der Waals surface area contributed by atoms with E-state index < -0.39 is 5.41 Å². The zero-order chi connectivity index (χ0) is 15.5. The fraction of sp³-hybridized carbons (Fsp3) is 0.438. The first-order chi connectivity index (χ1) is 10.0. The summed E-state index contributed by atoms with van der Waals surface area (Å²) >= 11 is 0. The number of halogens is 1. The van der Waals surface area contributed by atoms with Gasteiger partial charge >= 0.3 is 0 Å². The van der Waals surface area contributed by atoms with Gasteiger partial charge in [0.25, 0.3) is 0 Å². The van der Waals surface area contributed by atoms with Crippen molar-refractivity contribution >= 4 is 0 Å². The van der Waals surface area contributed by atoms with E-state index in [0.29, 0.717) is 12.0 Å². The summed E-state index contributed by atoms with van der Waals surface area (Å²) in [5.41, 5.74) is 1.77. The van der Waals surface area contributed by atoms with Gasteiger partial charge in [-0.25, -0.2) is 4.39 Å². The molecule has 0 aliphatic rings. The van der Waals surface area contributed by atoms with Crippen LogP contribution in [0.2, 0.25) is 0 Å². The summed E-state index contributed by atoms with van der Waals surface area (Å²) in [5, 5.41) is 24.0. The number of aryl methyl sites for hydroxylation is 2. The molecule has 2 aromatic rings. The molecule has 0 atom stereocenters. The number of hydrogen-bond acceptors (Lipinski definition) is 3. The molecule has 5 heteroatoms. The summed E-state index contributed by atoms with van der Waals surface area (Å²) in [5.74, 6) is -0.336. The van der Waals surface area contributed by atoms with Crippen molar-refractivity contribution in [1.82, 2.24) is 9.78 Å². The first-order valence-electron chi connectivity index (χ1n) is 7.04. The van der Waals surface area contributed by atoms with Gasteiger partial charge in [-0.3, -0.25) is 4.68 Å². The quantitative estimate of drug-likeness (QED) is 0.850. The summed E-state index contributed by atoms with van der Waals surface area (Å²) in [6.07, 6.45) is 1.27. The maximum Gasteiger partial charge on any atom is 0.123 e. The van der Waals surface area contributed by atoms with Gasteiger partial charge in [-0.15, -0.1) is 0 Å². The monoisotopic (exact) mass is 292 g/mol. The SMILES string of the molecule is CCc1cc(CC(CO)(CO)c2ccc(F)cc2)n(C)n1. The summed E-state index contributed by atoms with van der Waals surface area (Å²) in [6, 6.07) is 7.88. The number of nitrogens with zero attached hydrogens (tertiary/aromatic N) is 2. The fourth-order valence-corrected chi connectivity index (χ4v) is 2.51. The van der Waals surface area contributed by atoms with E-state index in [2.05, 4.69) is 5.10 Å². The Balaban J connectivity index is 2.37. The van der Waals surface area contributed by atoms with Crippen molar-refractivity contribution in [2.24, 2.45) is 7.05 Å². The summed E-state index contributed by atoms with van der Waals surface area (Å²) in [7, 11) is 1.85. The van der Waals surface area contributed by atoms with Gasteiger partial charge in [-0.1, -0.05) is 19.1 Å². The molecule has 0 unspecified atom stereocenters. The van der Waals surface area contributed by atoms with Crippen molar-refractivity contribution in [1.29, 1.82) is 0 Å². The van der Waals surface area contributed by atoms with Gasteiger partial charge in [0.2, 0.25) is 0 Å². The highest BCUT2D eigenvalue weighted by molar-refractivity contribution is 5.29. The van der Waals surface area contributed by atoms with Gasteiger partial charge in [-0.2, -0.15) is 5.10 Å². The van der Waals surface area contributed by atoms with Gasteiger partial charge in [0.05, 0.1) is 18.9 Å². The van der Waals surface area contributed by atoms with Crippen LogP contribution in [0.1, 0.15) is 23.9 Å². The molecule has 0 aliphatic carbocycles. The molecule has 0 bridgehead atoms. The van der Waals surface area contributed by atoms with Crippen molar-refractivity contribution in [3.05, 3.63) is 53.1 Å². The molecule has 2 rings (SSSR count). The molecular weight excluding hydrogens is 271 g/mol. The molecular formula is C16H21FN2O2. The minimum Gasteiger partial charge on any atom is -0.395 e. The molecule has 0 amide bonds. The van der Waals surface area contributed by atoms with E-state index in [1.54, 1.807) is 16.8 Å². The zero-order valence-electron chi connectivity index (χ0n) is 12.4. The molecule has 1 aromatic carbocycles. The highest BCUT2D eigenvalue weighted by atomic mass is 19.1. The molecule has 0 aliphatic heterocycles. The van der Waals surface area contributed by atoms with Crippen molar-refractivity contribution in [3.63, 3.8) is 0 Å². The van der Waals surface area contributed by atoms with Crippen molar-refractivity contribution in [2.75, 3.05) is 13.2 Å². The topological polar surface area (TPSA) is 58.3 Å². The van der Waals surface area contributed by atoms with E-state index in [9.17, 15) is 14.6 Å². The molecule has 1 heterocycles. The number of aromatic nitrogens is 2. The Morgan fingerprint density at radius 1 is 1.19 bits per heavy atom. The van der Waals surface area contributed by atoms with Crippen LogP contribution in [0.5, 0.6) is 0 Å². The third kappa shape index (κ3) is 3.14. The summed E-state index contributed by atoms with van der Waals surface area (Å²) in [4.78, 5) is 0. The number of benzene rings is 1. The lowest BCUT2D eigenvalue weighted by atomic mass is 9.78. The summed E-state index contributed by atoms with van der Waals surface area (Å²) < 4.78 is 14.9. The summed E-state index contributed by atoms with van der Waals surface area (Å²) in [6.45, 7) is 1.58. The molecule has 0 saturated carbocycles. The van der Waals surface area contributed by atoms with Crippen LogP contribution >= 0.6 is 0 Å². The standard InChI is InChI=1S/C16H21FN2O2/c1-3-14-8-15(19(2)18-14)9-16(10-20,11-21)12-4-6-13(17)7-5-12/h4-8,20-21H,3,9-11H2,1-2H3. The minimum absolute atomic E-state index is 0.220. The Labute approximate surface area is 123 Å². The molecule has 114 valence electrons. The molecule has 21 heavy (non-hydrogen) atoms. The second-order valence-corrected chi connectivity index (χ2v) is 5.38. The van der Waals surface area contributed by atoms with E-state index in [1.165, 1.54) is 12.1 Å². The average molecular weight is 292 g/mol. The van der Waals surface area contributed by atoms with Crippen LogP contribution < -0.4 is 0 Å². The van der Waals surface area contributed by atoms with Crippen molar-refractivity contribution in [3.8, 4) is 0 Å². The third-order valence-electron chi connectivity index (χ3n) is 3.97. The van der Waals surface area contributed by atoms with Crippen molar-refractivity contribution < 1.29 is 14.6 Å². The number of aliphatic hydroxyl groups excluding tert-OH is 2. The molecule has 0 spiro atoms. The van der Waals surface area contributed by atoms with E-state index in [4.69, 9.17) is 0 Å². The van der Waals surface area contributed by atoms with E-state index in [0.717, 1.165) is 17.8 Å². The number of rotatable bonds is 6. The van der Waals surface area contributed by atoms with Crippen LogP contribution in [-0.2, 0) is 25.3 Å². The van der Waals surface area contributed by atoms with Crippen LogP contribution in [0.4, 0.5) is 4.39 Å². The maximum absolute atomic E-state index is 13.1. The molecule has 2 N–H and O–H groups in total. The number of aliphatic hydroxyl groups is 2. The first-order valence-corrected chi connectivity index (χ1v) is 7.04. The van der Waals surface area contributed by atoms with Crippen LogP contribution in [-0.4, -0.2) is 33.2 Å². The van der Waals surface area contributed by atoms with Crippen LogP contribution in [0.15, 0.2) is 30.3 Å². The third-order valence-corrected chi connectivity index (χ3v) is 3.97. The van der Waals surface area contributed by atoms with Crippen LogP contribution in [0, 0.1) is 5.82 Å². The van der Waals surface area contributed by atoms with Gasteiger partial charge < -0.3 is 10.2 Å². The maximum atomic E-state index is 13.1. The predicted octanol–water partition coefficient (Wildman–Crippen LogP) is 1.59. The largest absolute Gasteiger partial charge is 0.395 e. The number of hydrogen-bond donors (Lipinski definition) is 2. The van der Waals surface area contributed by atoms with Crippen LogP contribution in [0.3, 0.4) is 0 Å². The van der Waals surface area contributed by atoms with E-state index >= 15 is 0 Å². The first kappa shape index (κ1) is 15.7. The molecule has 1 aromatic heterocycles. The normalized spacial score (nSPS) is 11.9. The zero-order valence-corrected chi connectivity index (χ0v) is 12.4. The Bertz CT molecular complexity index is 589. The highest BCUT2D eigenvalue weighted by Gasteiger charge is 2.32. The fourth-order valence-electron chi connectivity index (χ4n) is 2.51. The molecule has 4 nitrogen and oxygen atoms in total. The Hall–Kier alpha value is -1.72. The molecule has 0 fully saturated rings. The second kappa shape index (κ2) is 6.37. The molecule has 0 radical (unpaired) electrons. The van der Waals surface area contributed by atoms with Crippen LogP contribution in [0.25, 0.3) is 0 Å². The lowest BCUT2D eigenvalue weighted by Gasteiger charge is -2.30. The predicted molar refractivity (Wildman–Crippen MR) is 78.5 cm³/mol. The van der Waals surface area contributed by atoms with E-state index in [1.807, 2.05) is 20.0 Å². The minimum atomic E-state index is -0.841. The average Bonchev–Trinajstić information content (AvgIpc) is 2.86. The lowest BCUT2D eigenvalue weighted by Crippen LogP contribution is -2.38. The Morgan fingerprint density at radius 3 is 2.29 bits per heavy atom. The van der Waals surface area contributed by atoms with Gasteiger partial charge in [0.1, 0.15) is 5.82 Å². The van der Waals surface area contributed by atoms with Crippen molar-refractivity contribution in [2.45, 2.75) is 25.2 Å². The molecule has 0 saturated heterocycles. The van der Waals surface area contributed by atoms with Gasteiger partial charge in [-0.05, 0) is 30.2 Å². The lowest BCUT2D eigenvalue weighted by molar-refractivity contribution is 0.114. The van der Waals surface area contributed by atoms with E-state index in [-0.39, 0.29) is 19.0 Å². The Kier molecular flexibility index (Phi) is 4.75. The highest BCUT2D eigenvalue weighted by Crippen LogP contribution is 2.28. The van der Waals surface area contributed by atoms with Gasteiger partial charge in [0.15, 0.2) is 0 Å². The second-order valence-electron chi connectivity index (χ2n) is 5.38. The Morgan fingerprint density at radius 2 is 1.81 bits per heavy atom. The van der Waals surface area contributed by atoms with Gasteiger partial charge in [0, 0.05) is 24.6 Å². The smallest absolute Gasteiger partial charge is 0.123 e.